The number of halogens is 2. The number of aryl methyl sites for hydroxylation is 1. The summed E-state index contributed by atoms with van der Waals surface area (Å²) in [5.41, 5.74) is 1.08. The minimum absolute atomic E-state index is 0.0476. The second-order valence-electron chi connectivity index (χ2n) is 11.1. The molecule has 0 fully saturated rings. The highest BCUT2D eigenvalue weighted by Crippen LogP contribution is 2.22. The normalized spacial score (nSPS) is 18.2. The molecule has 0 unspecified atom stereocenters. The van der Waals surface area contributed by atoms with Gasteiger partial charge in [0.05, 0.1) is 29.7 Å². The summed E-state index contributed by atoms with van der Waals surface area (Å²) in [7, 11) is 0. The molecule has 0 bridgehead atoms. The predicted molar refractivity (Wildman–Crippen MR) is 167 cm³/mol. The number of hydrogen-bond acceptors (Lipinski definition) is 6. The molecule has 3 aromatic rings. The highest BCUT2D eigenvalue weighted by molar-refractivity contribution is 6.35. The zero-order valence-corrected chi connectivity index (χ0v) is 26.5. The molecule has 4 amide bonds. The van der Waals surface area contributed by atoms with E-state index >= 15 is 0 Å². The van der Waals surface area contributed by atoms with Crippen molar-refractivity contribution < 1.29 is 19.2 Å². The van der Waals surface area contributed by atoms with E-state index in [1.807, 2.05) is 44.2 Å². The van der Waals surface area contributed by atoms with E-state index in [0.29, 0.717) is 36.1 Å². The van der Waals surface area contributed by atoms with Gasteiger partial charge >= 0.3 is 0 Å². The lowest BCUT2D eigenvalue weighted by Crippen LogP contribution is -2.50. The maximum Gasteiger partial charge on any atom is 0.253 e. The highest BCUT2D eigenvalue weighted by Gasteiger charge is 2.30. The number of aromatic nitrogens is 3. The van der Waals surface area contributed by atoms with Crippen molar-refractivity contribution in [3.8, 4) is 0 Å². The Hall–Kier alpha value is -3.96. The van der Waals surface area contributed by atoms with Crippen LogP contribution in [0.3, 0.4) is 0 Å². The monoisotopic (exact) mass is 641 g/mol. The number of amides is 4. The Morgan fingerprint density at radius 1 is 1.05 bits per heavy atom. The van der Waals surface area contributed by atoms with Crippen molar-refractivity contribution in [2.45, 2.75) is 58.7 Å². The Balaban J connectivity index is 1.56. The second-order valence-corrected chi connectivity index (χ2v) is 11.9. The zero-order chi connectivity index (χ0) is 31.8. The lowest BCUT2D eigenvalue weighted by atomic mass is 10.0. The van der Waals surface area contributed by atoms with Gasteiger partial charge < -0.3 is 20.9 Å². The van der Waals surface area contributed by atoms with Gasteiger partial charge in [-0.2, -0.15) is 5.10 Å². The minimum atomic E-state index is -0.808. The quantitative estimate of drug-likeness (QED) is 0.377. The largest absolute Gasteiger partial charge is 0.344 e. The Kier molecular flexibility index (Phi) is 11.4. The van der Waals surface area contributed by atoms with Crippen LogP contribution < -0.4 is 16.0 Å². The standard InChI is InChI=1S/C31H37Cl2N7O4/c1-19(2)28-29-35-20(3)38-40(29)15-14-39(27(42)18-34-30(43)23-17-22(32)11-12-24(23)33)13-7-10-26(41)36-25(31(44)37-28)16-21-8-5-4-6-9-21/h4-6,8-9,11-12,17,19,25,28H,7,10,13-16,18H2,1-3H3,(H,34,43)(H,36,41)(H,37,44)/t25-,28+/m0/s1. The molecule has 1 aromatic heterocycles. The van der Waals surface area contributed by atoms with Crippen molar-refractivity contribution in [3.05, 3.63) is 81.4 Å². The van der Waals surface area contributed by atoms with Crippen LogP contribution in [0.2, 0.25) is 10.0 Å². The van der Waals surface area contributed by atoms with Gasteiger partial charge in [0.25, 0.3) is 5.91 Å². The molecule has 2 heterocycles. The van der Waals surface area contributed by atoms with Gasteiger partial charge in [0.15, 0.2) is 0 Å². The summed E-state index contributed by atoms with van der Waals surface area (Å²) in [5.74, 6) is -0.425. The zero-order valence-electron chi connectivity index (χ0n) is 25.0. The topological polar surface area (TPSA) is 138 Å². The van der Waals surface area contributed by atoms with Crippen molar-refractivity contribution in [1.82, 2.24) is 35.6 Å². The third-order valence-corrected chi connectivity index (χ3v) is 7.89. The number of nitrogens with one attached hydrogen (secondary N) is 3. The second kappa shape index (κ2) is 15.2. The first-order valence-corrected chi connectivity index (χ1v) is 15.3. The first-order chi connectivity index (χ1) is 21.0. The van der Waals surface area contributed by atoms with Crippen LogP contribution in [0.5, 0.6) is 0 Å². The lowest BCUT2D eigenvalue weighted by molar-refractivity contribution is -0.131. The van der Waals surface area contributed by atoms with Crippen molar-refractivity contribution in [1.29, 1.82) is 0 Å². The number of nitrogens with zero attached hydrogens (tertiary/aromatic N) is 4. The van der Waals surface area contributed by atoms with Crippen LogP contribution in [0.15, 0.2) is 48.5 Å². The number of rotatable bonds is 6. The molecule has 2 aromatic carbocycles. The number of fused-ring (bicyclic) bond motifs is 1. The summed E-state index contributed by atoms with van der Waals surface area (Å²) in [6.45, 7) is 6.24. The number of hydrogen-bond donors (Lipinski definition) is 3. The third kappa shape index (κ3) is 8.79. The smallest absolute Gasteiger partial charge is 0.253 e. The maximum absolute atomic E-state index is 13.6. The molecule has 2 atom stereocenters. The Labute approximate surface area is 266 Å². The Morgan fingerprint density at radius 2 is 1.80 bits per heavy atom. The van der Waals surface area contributed by atoms with Crippen molar-refractivity contribution in [3.63, 3.8) is 0 Å². The van der Waals surface area contributed by atoms with Crippen LogP contribution in [0, 0.1) is 12.8 Å². The van der Waals surface area contributed by atoms with Crippen molar-refractivity contribution >= 4 is 46.8 Å². The molecule has 1 aliphatic heterocycles. The molecule has 44 heavy (non-hydrogen) atoms. The van der Waals surface area contributed by atoms with E-state index in [9.17, 15) is 19.2 Å². The molecule has 3 N–H and O–H groups in total. The fourth-order valence-corrected chi connectivity index (χ4v) is 5.39. The van der Waals surface area contributed by atoms with Gasteiger partial charge in [0, 0.05) is 31.0 Å². The summed E-state index contributed by atoms with van der Waals surface area (Å²) >= 11 is 12.2. The van der Waals surface area contributed by atoms with Gasteiger partial charge in [-0.15, -0.1) is 0 Å². The molecular formula is C31H37Cl2N7O4. The molecule has 1 aliphatic rings. The van der Waals surface area contributed by atoms with Gasteiger partial charge in [-0.25, -0.2) is 9.67 Å². The average Bonchev–Trinajstić information content (AvgIpc) is 3.36. The molecule has 0 aliphatic carbocycles. The number of carbonyl (C=O) groups is 4. The summed E-state index contributed by atoms with van der Waals surface area (Å²) < 4.78 is 1.71. The molecule has 13 heteroatoms. The molecule has 11 nitrogen and oxygen atoms in total. The number of benzene rings is 2. The summed E-state index contributed by atoms with van der Waals surface area (Å²) in [4.78, 5) is 58.9. The fourth-order valence-electron chi connectivity index (χ4n) is 5.02. The summed E-state index contributed by atoms with van der Waals surface area (Å²) in [6, 6.07) is 12.7. The van der Waals surface area contributed by atoms with E-state index in [0.717, 1.165) is 5.56 Å². The van der Waals surface area contributed by atoms with Crippen LogP contribution >= 0.6 is 23.2 Å². The lowest BCUT2D eigenvalue weighted by Gasteiger charge is -2.28. The van der Waals surface area contributed by atoms with Crippen LogP contribution in [0.4, 0.5) is 0 Å². The van der Waals surface area contributed by atoms with Gasteiger partial charge in [0.2, 0.25) is 17.7 Å². The van der Waals surface area contributed by atoms with Crippen LogP contribution in [0.1, 0.15) is 60.3 Å². The third-order valence-electron chi connectivity index (χ3n) is 7.32. The summed E-state index contributed by atoms with van der Waals surface area (Å²) in [6.07, 6.45) is 0.771. The van der Waals surface area contributed by atoms with Crippen LogP contribution in [0.25, 0.3) is 0 Å². The van der Waals surface area contributed by atoms with Crippen LogP contribution in [-0.4, -0.2) is 69.0 Å². The first-order valence-electron chi connectivity index (χ1n) is 14.6. The first kappa shape index (κ1) is 32.9. The van der Waals surface area contributed by atoms with E-state index in [2.05, 4.69) is 26.0 Å². The molecule has 234 valence electrons. The van der Waals surface area contributed by atoms with Gasteiger partial charge in [-0.3, -0.25) is 19.2 Å². The molecule has 0 saturated carbocycles. The Bertz CT molecular complexity index is 1500. The van der Waals surface area contributed by atoms with E-state index in [1.165, 1.54) is 12.1 Å². The van der Waals surface area contributed by atoms with Gasteiger partial charge in [0.1, 0.15) is 17.7 Å². The van der Waals surface area contributed by atoms with Crippen LogP contribution in [-0.2, 0) is 27.3 Å². The number of carbonyl (C=O) groups excluding carboxylic acids is 4. The Morgan fingerprint density at radius 3 is 2.52 bits per heavy atom. The average molecular weight is 643 g/mol. The molecule has 4 rings (SSSR count). The fraction of sp³-hybridized carbons (Fsp3) is 0.419. The van der Waals surface area contributed by atoms with Crippen molar-refractivity contribution in [2.75, 3.05) is 19.6 Å². The minimum Gasteiger partial charge on any atom is -0.344 e. The van der Waals surface area contributed by atoms with E-state index < -0.39 is 18.0 Å². The van der Waals surface area contributed by atoms with E-state index in [4.69, 9.17) is 23.2 Å². The van der Waals surface area contributed by atoms with Gasteiger partial charge in [-0.05, 0) is 43.0 Å². The molecule has 0 radical (unpaired) electrons. The molecule has 0 saturated heterocycles. The van der Waals surface area contributed by atoms with Crippen molar-refractivity contribution in [2.24, 2.45) is 5.92 Å². The molecule has 0 spiro atoms. The van der Waals surface area contributed by atoms with E-state index in [1.54, 1.807) is 22.6 Å². The predicted octanol–water partition coefficient (Wildman–Crippen LogP) is 3.49. The van der Waals surface area contributed by atoms with E-state index in [-0.39, 0.29) is 60.3 Å². The molecular weight excluding hydrogens is 605 g/mol. The van der Waals surface area contributed by atoms with Gasteiger partial charge in [-0.1, -0.05) is 67.4 Å². The maximum atomic E-state index is 13.6. The SMILES string of the molecule is Cc1nc2n(n1)CCN(C(=O)CNC(=O)c1cc(Cl)ccc1Cl)CCCC(=O)N[C@@H](Cc1ccccc1)C(=O)N[C@@H]2C(C)C. The summed E-state index contributed by atoms with van der Waals surface area (Å²) in [5, 5.41) is 13.7. The highest BCUT2D eigenvalue weighted by atomic mass is 35.5.